The Bertz CT molecular complexity index is 919. The molecule has 0 aliphatic rings. The molecule has 0 aliphatic heterocycles. The molecule has 2 aromatic carbocycles. The molecule has 0 fully saturated rings. The summed E-state index contributed by atoms with van der Waals surface area (Å²) in [7, 11) is 0. The minimum atomic E-state index is -0.245. The van der Waals surface area contributed by atoms with Gasteiger partial charge in [0.05, 0.1) is 0 Å². The number of hydrogen-bond donors (Lipinski definition) is 1. The Morgan fingerprint density at radius 2 is 1.92 bits per heavy atom. The molecule has 0 spiro atoms. The molecule has 1 aromatic heterocycles. The zero-order valence-corrected chi connectivity index (χ0v) is 16.2. The number of nitrogens with one attached hydrogen (secondary N) is 1. The van der Waals surface area contributed by atoms with Gasteiger partial charge in [0.1, 0.15) is 17.0 Å². The molecule has 4 nitrogen and oxygen atoms in total. The fourth-order valence-electron chi connectivity index (χ4n) is 2.39. The van der Waals surface area contributed by atoms with Gasteiger partial charge < -0.3 is 9.84 Å². The standard InChI is InChI=1S/C18H14Br2N2O2/c1-10-8-14(6-7-15(10)20)21-18(23)16-11(2)24-22-17(16)12-4-3-5-13(19)9-12/h3-9H,1-2H3,(H,21,23). The van der Waals surface area contributed by atoms with E-state index in [1.165, 1.54) is 0 Å². The molecule has 6 heteroatoms. The molecule has 0 unspecified atom stereocenters. The number of anilines is 1. The van der Waals surface area contributed by atoms with Crippen LogP contribution in [0.4, 0.5) is 5.69 Å². The number of hydrogen-bond acceptors (Lipinski definition) is 3. The summed E-state index contributed by atoms with van der Waals surface area (Å²) in [5.41, 5.74) is 3.55. The molecular formula is C18H14Br2N2O2. The molecule has 0 atom stereocenters. The number of carbonyl (C=O) groups excluding carboxylic acids is 1. The Labute approximate surface area is 156 Å². The van der Waals surface area contributed by atoms with Crippen LogP contribution in [-0.4, -0.2) is 11.1 Å². The molecule has 3 rings (SSSR count). The van der Waals surface area contributed by atoms with Crippen molar-refractivity contribution in [2.75, 3.05) is 5.32 Å². The van der Waals surface area contributed by atoms with Crippen molar-refractivity contribution in [1.82, 2.24) is 5.16 Å². The topological polar surface area (TPSA) is 55.1 Å². The van der Waals surface area contributed by atoms with Crippen molar-refractivity contribution >= 4 is 43.5 Å². The largest absolute Gasteiger partial charge is 0.360 e. The van der Waals surface area contributed by atoms with Crippen molar-refractivity contribution in [2.45, 2.75) is 13.8 Å². The van der Waals surface area contributed by atoms with E-state index in [9.17, 15) is 4.79 Å². The number of aromatic nitrogens is 1. The number of amides is 1. The lowest BCUT2D eigenvalue weighted by molar-refractivity contribution is 0.102. The lowest BCUT2D eigenvalue weighted by Gasteiger charge is -2.08. The zero-order valence-electron chi connectivity index (χ0n) is 13.1. The van der Waals surface area contributed by atoms with Gasteiger partial charge >= 0.3 is 0 Å². The van der Waals surface area contributed by atoms with Gasteiger partial charge in [-0.3, -0.25) is 4.79 Å². The van der Waals surface area contributed by atoms with Crippen LogP contribution in [-0.2, 0) is 0 Å². The van der Waals surface area contributed by atoms with E-state index in [1.54, 1.807) is 6.92 Å². The first kappa shape index (κ1) is 16.9. The van der Waals surface area contributed by atoms with Crippen molar-refractivity contribution < 1.29 is 9.32 Å². The van der Waals surface area contributed by atoms with Crippen LogP contribution in [0.1, 0.15) is 21.7 Å². The first-order chi connectivity index (χ1) is 11.5. The van der Waals surface area contributed by atoms with Gasteiger partial charge in [0, 0.05) is 20.2 Å². The summed E-state index contributed by atoms with van der Waals surface area (Å²) in [4.78, 5) is 12.7. The Kier molecular flexibility index (Phi) is 4.87. The van der Waals surface area contributed by atoms with E-state index < -0.39 is 0 Å². The summed E-state index contributed by atoms with van der Waals surface area (Å²) in [6, 6.07) is 13.3. The second-order valence-electron chi connectivity index (χ2n) is 5.39. The quantitative estimate of drug-likeness (QED) is 0.554. The van der Waals surface area contributed by atoms with E-state index in [4.69, 9.17) is 4.52 Å². The highest BCUT2D eigenvalue weighted by Crippen LogP contribution is 2.28. The fraction of sp³-hybridized carbons (Fsp3) is 0.111. The summed E-state index contributed by atoms with van der Waals surface area (Å²) in [6.45, 7) is 3.70. The Morgan fingerprint density at radius 3 is 2.62 bits per heavy atom. The predicted octanol–water partition coefficient (Wildman–Crippen LogP) is 5.74. The lowest BCUT2D eigenvalue weighted by atomic mass is 10.1. The van der Waals surface area contributed by atoms with E-state index in [0.29, 0.717) is 17.0 Å². The highest BCUT2D eigenvalue weighted by atomic mass is 79.9. The normalized spacial score (nSPS) is 10.7. The molecule has 0 aliphatic carbocycles. The fourth-order valence-corrected chi connectivity index (χ4v) is 3.03. The van der Waals surface area contributed by atoms with Gasteiger partial charge in [-0.05, 0) is 49.7 Å². The second-order valence-corrected chi connectivity index (χ2v) is 7.16. The Balaban J connectivity index is 1.95. The number of carbonyl (C=O) groups is 1. The highest BCUT2D eigenvalue weighted by molar-refractivity contribution is 9.10. The maximum Gasteiger partial charge on any atom is 0.261 e. The Hall–Kier alpha value is -1.92. The van der Waals surface area contributed by atoms with E-state index in [1.807, 2.05) is 49.4 Å². The van der Waals surface area contributed by atoms with Crippen LogP contribution >= 0.6 is 31.9 Å². The summed E-state index contributed by atoms with van der Waals surface area (Å²) < 4.78 is 7.17. The highest BCUT2D eigenvalue weighted by Gasteiger charge is 2.22. The lowest BCUT2D eigenvalue weighted by Crippen LogP contribution is -2.13. The summed E-state index contributed by atoms with van der Waals surface area (Å²) >= 11 is 6.89. The SMILES string of the molecule is Cc1cc(NC(=O)c2c(-c3cccc(Br)c3)noc2C)ccc1Br. The summed E-state index contributed by atoms with van der Waals surface area (Å²) in [5, 5.41) is 6.96. The van der Waals surface area contributed by atoms with Crippen molar-refractivity contribution in [3.05, 3.63) is 68.3 Å². The van der Waals surface area contributed by atoms with Crippen molar-refractivity contribution in [1.29, 1.82) is 0 Å². The third-order valence-corrected chi connectivity index (χ3v) is 4.99. The third kappa shape index (κ3) is 3.44. The number of rotatable bonds is 3. The number of halogens is 2. The minimum Gasteiger partial charge on any atom is -0.360 e. The molecule has 0 radical (unpaired) electrons. The molecule has 24 heavy (non-hydrogen) atoms. The molecule has 1 amide bonds. The molecule has 0 bridgehead atoms. The molecule has 3 aromatic rings. The van der Waals surface area contributed by atoms with Gasteiger partial charge in [-0.25, -0.2) is 0 Å². The van der Waals surface area contributed by atoms with E-state index >= 15 is 0 Å². The van der Waals surface area contributed by atoms with Crippen LogP contribution in [0.3, 0.4) is 0 Å². The van der Waals surface area contributed by atoms with Gasteiger partial charge in [-0.2, -0.15) is 0 Å². The van der Waals surface area contributed by atoms with E-state index in [2.05, 4.69) is 42.3 Å². The van der Waals surface area contributed by atoms with Gasteiger partial charge in [0.2, 0.25) is 0 Å². The predicted molar refractivity (Wildman–Crippen MR) is 101 cm³/mol. The maximum absolute atomic E-state index is 12.7. The summed E-state index contributed by atoms with van der Waals surface area (Å²) in [6.07, 6.45) is 0. The molecule has 0 saturated heterocycles. The van der Waals surface area contributed by atoms with Gasteiger partial charge in [0.15, 0.2) is 0 Å². The number of nitrogens with zero attached hydrogens (tertiary/aromatic N) is 1. The first-order valence-electron chi connectivity index (χ1n) is 7.25. The zero-order chi connectivity index (χ0) is 17.3. The average molecular weight is 450 g/mol. The van der Waals surface area contributed by atoms with Crippen LogP contribution in [0.15, 0.2) is 55.9 Å². The van der Waals surface area contributed by atoms with Crippen LogP contribution in [0.5, 0.6) is 0 Å². The monoisotopic (exact) mass is 448 g/mol. The van der Waals surface area contributed by atoms with Crippen molar-refractivity contribution in [2.24, 2.45) is 0 Å². The van der Waals surface area contributed by atoms with Gasteiger partial charge in [-0.15, -0.1) is 0 Å². The molecular weight excluding hydrogens is 436 g/mol. The van der Waals surface area contributed by atoms with Gasteiger partial charge in [-0.1, -0.05) is 49.1 Å². The smallest absolute Gasteiger partial charge is 0.261 e. The molecule has 122 valence electrons. The van der Waals surface area contributed by atoms with Crippen LogP contribution < -0.4 is 5.32 Å². The van der Waals surface area contributed by atoms with Crippen LogP contribution in [0.2, 0.25) is 0 Å². The van der Waals surface area contributed by atoms with Gasteiger partial charge in [0.25, 0.3) is 5.91 Å². The number of aryl methyl sites for hydroxylation is 2. The van der Waals surface area contributed by atoms with Crippen molar-refractivity contribution in [3.8, 4) is 11.3 Å². The third-order valence-electron chi connectivity index (χ3n) is 3.60. The van der Waals surface area contributed by atoms with E-state index in [-0.39, 0.29) is 5.91 Å². The van der Waals surface area contributed by atoms with Crippen LogP contribution in [0, 0.1) is 13.8 Å². The van der Waals surface area contributed by atoms with Crippen molar-refractivity contribution in [3.63, 3.8) is 0 Å². The maximum atomic E-state index is 12.7. The number of benzene rings is 2. The average Bonchev–Trinajstić information content (AvgIpc) is 2.93. The molecule has 0 saturated carbocycles. The summed E-state index contributed by atoms with van der Waals surface area (Å²) in [5.74, 6) is 0.238. The molecule has 1 heterocycles. The van der Waals surface area contributed by atoms with Crippen LogP contribution in [0.25, 0.3) is 11.3 Å². The minimum absolute atomic E-state index is 0.245. The second kappa shape index (κ2) is 6.91. The first-order valence-corrected chi connectivity index (χ1v) is 8.84. The Morgan fingerprint density at radius 1 is 1.12 bits per heavy atom. The molecule has 1 N–H and O–H groups in total. The van der Waals surface area contributed by atoms with E-state index in [0.717, 1.165) is 25.8 Å².